The van der Waals surface area contributed by atoms with Crippen molar-refractivity contribution < 1.29 is 12.8 Å². The predicted octanol–water partition coefficient (Wildman–Crippen LogP) is 2.13. The molecule has 0 saturated carbocycles. The maximum Gasteiger partial charge on any atom is 0.248 e. The van der Waals surface area contributed by atoms with E-state index in [0.717, 1.165) is 12.1 Å². The second kappa shape index (κ2) is 4.68. The number of hydrogen-bond donors (Lipinski definition) is 1. The van der Waals surface area contributed by atoms with E-state index < -0.39 is 21.1 Å². The summed E-state index contributed by atoms with van der Waals surface area (Å²) >= 11 is 5.55. The third-order valence-electron chi connectivity index (χ3n) is 1.77. The van der Waals surface area contributed by atoms with Gasteiger partial charge in [0.25, 0.3) is 0 Å². The number of anilines is 1. The Hall–Kier alpha value is -1.32. The van der Waals surface area contributed by atoms with Crippen LogP contribution in [-0.2, 0) is 10.0 Å². The zero-order valence-electron chi connectivity index (χ0n) is 8.24. The molecule has 4 nitrogen and oxygen atoms in total. The summed E-state index contributed by atoms with van der Waals surface area (Å²) in [4.78, 5) is 0. The Morgan fingerprint density at radius 3 is 2.62 bits per heavy atom. The highest BCUT2D eigenvalue weighted by Gasteiger charge is 2.20. The molecule has 0 aromatic heterocycles. The van der Waals surface area contributed by atoms with E-state index in [2.05, 4.69) is 4.72 Å². The first kappa shape index (κ1) is 12.7. The van der Waals surface area contributed by atoms with Crippen LogP contribution in [0.4, 0.5) is 10.1 Å². The van der Waals surface area contributed by atoms with Crippen molar-refractivity contribution in [3.63, 3.8) is 0 Å². The van der Waals surface area contributed by atoms with Crippen molar-refractivity contribution in [2.24, 2.45) is 0 Å². The molecule has 16 heavy (non-hydrogen) atoms. The molecule has 0 bridgehead atoms. The number of halogens is 2. The summed E-state index contributed by atoms with van der Waals surface area (Å²) in [6.07, 6.45) is 0. The molecule has 0 aliphatic rings. The molecule has 1 unspecified atom stereocenters. The summed E-state index contributed by atoms with van der Waals surface area (Å²) in [6, 6.07) is 4.86. The standard InChI is InChI=1S/C9H8ClFN2O2S/c1-6(5-12)16(14,15)13-9-3-7(10)2-8(11)4-9/h2-4,6,13H,1H3. The zero-order valence-corrected chi connectivity index (χ0v) is 9.81. The second-order valence-electron chi connectivity index (χ2n) is 3.08. The van der Waals surface area contributed by atoms with Crippen molar-refractivity contribution >= 4 is 27.3 Å². The van der Waals surface area contributed by atoms with Gasteiger partial charge in [0.05, 0.1) is 11.8 Å². The van der Waals surface area contributed by atoms with Gasteiger partial charge in [0.2, 0.25) is 10.0 Å². The largest absolute Gasteiger partial charge is 0.282 e. The minimum absolute atomic E-state index is 0.00731. The van der Waals surface area contributed by atoms with Crippen LogP contribution < -0.4 is 4.72 Å². The predicted molar refractivity (Wildman–Crippen MR) is 59.0 cm³/mol. The first-order chi connectivity index (χ1) is 7.35. The topological polar surface area (TPSA) is 70.0 Å². The Kier molecular flexibility index (Phi) is 3.73. The van der Waals surface area contributed by atoms with Gasteiger partial charge in [0.1, 0.15) is 5.82 Å². The van der Waals surface area contributed by atoms with Gasteiger partial charge in [-0.25, -0.2) is 12.8 Å². The maximum atomic E-state index is 12.9. The van der Waals surface area contributed by atoms with E-state index in [1.54, 1.807) is 6.07 Å². The molecule has 86 valence electrons. The average Bonchev–Trinajstić information content (AvgIpc) is 2.13. The van der Waals surface area contributed by atoms with Gasteiger partial charge in [-0.15, -0.1) is 0 Å². The highest BCUT2D eigenvalue weighted by molar-refractivity contribution is 7.93. The molecule has 1 N–H and O–H groups in total. The summed E-state index contributed by atoms with van der Waals surface area (Å²) in [5.41, 5.74) is -0.00731. The quantitative estimate of drug-likeness (QED) is 0.907. The third-order valence-corrected chi connectivity index (χ3v) is 3.54. The van der Waals surface area contributed by atoms with Crippen LogP contribution in [-0.4, -0.2) is 13.7 Å². The van der Waals surface area contributed by atoms with Crippen LogP contribution >= 0.6 is 11.6 Å². The molecule has 0 amide bonds. The average molecular weight is 263 g/mol. The van der Waals surface area contributed by atoms with E-state index >= 15 is 0 Å². The Balaban J connectivity index is 3.02. The fourth-order valence-corrected chi connectivity index (χ4v) is 1.92. The van der Waals surface area contributed by atoms with Gasteiger partial charge in [-0.2, -0.15) is 5.26 Å². The Morgan fingerprint density at radius 2 is 2.12 bits per heavy atom. The van der Waals surface area contributed by atoms with Gasteiger partial charge in [-0.3, -0.25) is 4.72 Å². The molecule has 0 aliphatic heterocycles. The number of rotatable bonds is 3. The fraction of sp³-hybridized carbons (Fsp3) is 0.222. The minimum Gasteiger partial charge on any atom is -0.282 e. The van der Waals surface area contributed by atoms with Gasteiger partial charge in [0, 0.05) is 5.02 Å². The molecule has 0 heterocycles. The summed E-state index contributed by atoms with van der Waals surface area (Å²) < 4.78 is 37.9. The normalized spacial score (nSPS) is 12.9. The summed E-state index contributed by atoms with van der Waals surface area (Å²) in [5, 5.41) is 7.33. The van der Waals surface area contributed by atoms with E-state index in [4.69, 9.17) is 16.9 Å². The monoisotopic (exact) mass is 262 g/mol. The number of hydrogen-bond acceptors (Lipinski definition) is 3. The van der Waals surface area contributed by atoms with Crippen molar-refractivity contribution in [1.82, 2.24) is 0 Å². The molecule has 0 radical (unpaired) electrons. The maximum absolute atomic E-state index is 12.9. The smallest absolute Gasteiger partial charge is 0.248 e. The van der Waals surface area contributed by atoms with Gasteiger partial charge in [-0.1, -0.05) is 11.6 Å². The SMILES string of the molecule is CC(C#N)S(=O)(=O)Nc1cc(F)cc(Cl)c1. The summed E-state index contributed by atoms with van der Waals surface area (Å²) in [6.45, 7) is 1.23. The Morgan fingerprint density at radius 1 is 1.50 bits per heavy atom. The van der Waals surface area contributed by atoms with Gasteiger partial charge in [-0.05, 0) is 25.1 Å². The van der Waals surface area contributed by atoms with Crippen molar-refractivity contribution in [2.75, 3.05) is 4.72 Å². The Bertz CT molecular complexity index is 519. The zero-order chi connectivity index (χ0) is 12.3. The fourth-order valence-electron chi connectivity index (χ4n) is 0.935. The van der Waals surface area contributed by atoms with Crippen molar-refractivity contribution in [1.29, 1.82) is 5.26 Å². The molecular formula is C9H8ClFN2O2S. The van der Waals surface area contributed by atoms with E-state index in [-0.39, 0.29) is 10.7 Å². The molecule has 0 saturated heterocycles. The number of benzene rings is 1. The first-order valence-electron chi connectivity index (χ1n) is 4.22. The van der Waals surface area contributed by atoms with Crippen LogP contribution in [0.25, 0.3) is 0 Å². The molecule has 0 fully saturated rings. The lowest BCUT2D eigenvalue weighted by Crippen LogP contribution is -2.23. The van der Waals surface area contributed by atoms with E-state index in [0.29, 0.717) is 0 Å². The van der Waals surface area contributed by atoms with Crippen LogP contribution in [0.2, 0.25) is 5.02 Å². The molecule has 1 rings (SSSR count). The molecule has 0 spiro atoms. The van der Waals surface area contributed by atoms with Gasteiger partial charge < -0.3 is 0 Å². The lowest BCUT2D eigenvalue weighted by molar-refractivity contribution is 0.597. The van der Waals surface area contributed by atoms with Crippen LogP contribution in [0, 0.1) is 17.1 Å². The van der Waals surface area contributed by atoms with E-state index in [1.807, 2.05) is 0 Å². The first-order valence-corrected chi connectivity index (χ1v) is 6.15. The second-order valence-corrected chi connectivity index (χ2v) is 5.51. The summed E-state index contributed by atoms with van der Waals surface area (Å²) in [7, 11) is -3.83. The number of nitrogens with one attached hydrogen (secondary N) is 1. The Labute approximate surface area is 97.7 Å². The van der Waals surface area contributed by atoms with Crippen LogP contribution in [0.1, 0.15) is 6.92 Å². The number of nitrogens with zero attached hydrogens (tertiary/aromatic N) is 1. The molecular weight excluding hydrogens is 255 g/mol. The van der Waals surface area contributed by atoms with Crippen LogP contribution in [0.5, 0.6) is 0 Å². The highest BCUT2D eigenvalue weighted by Crippen LogP contribution is 2.19. The van der Waals surface area contributed by atoms with Crippen molar-refractivity contribution in [3.8, 4) is 6.07 Å². The minimum atomic E-state index is -3.83. The summed E-state index contributed by atoms with van der Waals surface area (Å²) in [5.74, 6) is -0.658. The third kappa shape index (κ3) is 3.08. The molecule has 1 aromatic carbocycles. The molecule has 0 aliphatic carbocycles. The lowest BCUT2D eigenvalue weighted by Gasteiger charge is -2.09. The number of sulfonamides is 1. The van der Waals surface area contributed by atoms with E-state index in [9.17, 15) is 12.8 Å². The molecule has 1 atom stereocenters. The van der Waals surface area contributed by atoms with Gasteiger partial charge in [0.15, 0.2) is 5.25 Å². The lowest BCUT2D eigenvalue weighted by atomic mass is 10.3. The number of nitriles is 1. The van der Waals surface area contributed by atoms with Crippen molar-refractivity contribution in [2.45, 2.75) is 12.2 Å². The molecule has 1 aromatic rings. The van der Waals surface area contributed by atoms with Crippen molar-refractivity contribution in [3.05, 3.63) is 29.0 Å². The van der Waals surface area contributed by atoms with Gasteiger partial charge >= 0.3 is 0 Å². The van der Waals surface area contributed by atoms with E-state index in [1.165, 1.54) is 13.0 Å². The van der Waals surface area contributed by atoms with Crippen LogP contribution in [0.3, 0.4) is 0 Å². The molecule has 7 heteroatoms. The highest BCUT2D eigenvalue weighted by atomic mass is 35.5. The van der Waals surface area contributed by atoms with Crippen LogP contribution in [0.15, 0.2) is 18.2 Å².